The fraction of sp³-hybridized carbons (Fsp3) is 0.231. The van der Waals surface area contributed by atoms with Gasteiger partial charge in [0, 0.05) is 19.4 Å². The van der Waals surface area contributed by atoms with Crippen molar-refractivity contribution < 1.29 is 27.2 Å². The van der Waals surface area contributed by atoms with Crippen LogP contribution >= 0.6 is 0 Å². The predicted molar refractivity (Wildman–Crippen MR) is 63.0 cm³/mol. The average Bonchev–Trinajstić information content (AvgIpc) is 2.69. The fourth-order valence-corrected chi connectivity index (χ4v) is 1.74. The Hall–Kier alpha value is -2.31. The molecule has 106 valence electrons. The van der Waals surface area contributed by atoms with Gasteiger partial charge in [0.05, 0.1) is 5.56 Å². The normalized spacial score (nSPS) is 11.4. The molecule has 20 heavy (non-hydrogen) atoms. The highest BCUT2D eigenvalue weighted by molar-refractivity contribution is 5.76. The SMILES string of the molecule is CC(=O)Oc1c(-c2ccccc2C(F)(F)F)noc1C. The smallest absolute Gasteiger partial charge is 0.417 e. The van der Waals surface area contributed by atoms with E-state index in [-0.39, 0.29) is 22.8 Å². The third kappa shape index (κ3) is 2.66. The van der Waals surface area contributed by atoms with Crippen molar-refractivity contribution in [2.24, 2.45) is 0 Å². The Labute approximate surface area is 112 Å². The van der Waals surface area contributed by atoms with Gasteiger partial charge in [0.15, 0.2) is 11.5 Å². The monoisotopic (exact) mass is 285 g/mol. The Bertz CT molecular complexity index is 647. The van der Waals surface area contributed by atoms with Crippen LogP contribution in [0.3, 0.4) is 0 Å². The summed E-state index contributed by atoms with van der Waals surface area (Å²) in [6.45, 7) is 2.59. The number of rotatable bonds is 2. The van der Waals surface area contributed by atoms with Gasteiger partial charge in [-0.25, -0.2) is 0 Å². The first-order valence-electron chi connectivity index (χ1n) is 5.62. The van der Waals surface area contributed by atoms with Crippen molar-refractivity contribution in [1.29, 1.82) is 0 Å². The number of alkyl halides is 3. The van der Waals surface area contributed by atoms with E-state index < -0.39 is 17.7 Å². The van der Waals surface area contributed by atoms with Crippen LogP contribution in [0.5, 0.6) is 5.75 Å². The van der Waals surface area contributed by atoms with Gasteiger partial charge in [-0.2, -0.15) is 13.2 Å². The van der Waals surface area contributed by atoms with E-state index in [1.807, 2.05) is 0 Å². The number of hydrogen-bond acceptors (Lipinski definition) is 4. The maximum atomic E-state index is 13.0. The Morgan fingerprint density at radius 2 is 1.95 bits per heavy atom. The molecule has 1 aromatic heterocycles. The van der Waals surface area contributed by atoms with Crippen molar-refractivity contribution in [2.75, 3.05) is 0 Å². The summed E-state index contributed by atoms with van der Waals surface area (Å²) >= 11 is 0. The van der Waals surface area contributed by atoms with Crippen molar-refractivity contribution in [3.8, 4) is 17.0 Å². The highest BCUT2D eigenvalue weighted by atomic mass is 19.4. The number of aromatic nitrogens is 1. The maximum absolute atomic E-state index is 13.0. The summed E-state index contributed by atoms with van der Waals surface area (Å²) in [7, 11) is 0. The third-order valence-electron chi connectivity index (χ3n) is 2.54. The number of ether oxygens (including phenoxy) is 1. The lowest BCUT2D eigenvalue weighted by Crippen LogP contribution is -2.08. The van der Waals surface area contributed by atoms with Crippen LogP contribution in [-0.4, -0.2) is 11.1 Å². The van der Waals surface area contributed by atoms with Gasteiger partial charge in [0.25, 0.3) is 0 Å². The lowest BCUT2D eigenvalue weighted by molar-refractivity contribution is -0.137. The second kappa shape index (κ2) is 4.99. The molecule has 2 rings (SSSR count). The zero-order valence-corrected chi connectivity index (χ0v) is 10.6. The predicted octanol–water partition coefficient (Wildman–Crippen LogP) is 3.59. The van der Waals surface area contributed by atoms with Crippen molar-refractivity contribution >= 4 is 5.97 Å². The molecule has 1 aromatic carbocycles. The summed E-state index contributed by atoms with van der Waals surface area (Å²) in [4.78, 5) is 11.0. The molecular formula is C13H10F3NO3. The third-order valence-corrected chi connectivity index (χ3v) is 2.54. The Morgan fingerprint density at radius 1 is 1.30 bits per heavy atom. The van der Waals surface area contributed by atoms with E-state index in [2.05, 4.69) is 5.16 Å². The Kier molecular flexibility index (Phi) is 3.52. The van der Waals surface area contributed by atoms with Gasteiger partial charge in [0.1, 0.15) is 0 Å². The summed E-state index contributed by atoms with van der Waals surface area (Å²) in [6, 6.07) is 4.88. The summed E-state index contributed by atoms with van der Waals surface area (Å²) in [5.41, 5.74) is -1.22. The van der Waals surface area contributed by atoms with Crippen LogP contribution in [-0.2, 0) is 11.0 Å². The molecule has 0 amide bonds. The molecule has 0 saturated heterocycles. The van der Waals surface area contributed by atoms with Crippen LogP contribution < -0.4 is 4.74 Å². The zero-order chi connectivity index (χ0) is 14.9. The van der Waals surface area contributed by atoms with E-state index in [9.17, 15) is 18.0 Å². The molecule has 0 N–H and O–H groups in total. The van der Waals surface area contributed by atoms with Crippen molar-refractivity contribution in [1.82, 2.24) is 5.16 Å². The minimum Gasteiger partial charge on any atom is -0.420 e. The molecule has 0 radical (unpaired) electrons. The van der Waals surface area contributed by atoms with Gasteiger partial charge < -0.3 is 9.26 Å². The topological polar surface area (TPSA) is 52.3 Å². The molecule has 0 spiro atoms. The number of hydrogen-bond donors (Lipinski definition) is 0. The quantitative estimate of drug-likeness (QED) is 0.791. The Morgan fingerprint density at radius 3 is 2.55 bits per heavy atom. The van der Waals surface area contributed by atoms with Crippen molar-refractivity contribution in [2.45, 2.75) is 20.0 Å². The van der Waals surface area contributed by atoms with Crippen molar-refractivity contribution in [3.05, 3.63) is 35.6 Å². The molecule has 7 heteroatoms. The second-order valence-corrected chi connectivity index (χ2v) is 4.05. The second-order valence-electron chi connectivity index (χ2n) is 4.05. The summed E-state index contributed by atoms with van der Waals surface area (Å²) < 4.78 is 48.6. The van der Waals surface area contributed by atoms with Crippen LogP contribution in [0.15, 0.2) is 28.8 Å². The van der Waals surface area contributed by atoms with Crippen LogP contribution in [0.4, 0.5) is 13.2 Å². The molecular weight excluding hydrogens is 275 g/mol. The minimum absolute atomic E-state index is 0.103. The van der Waals surface area contributed by atoms with Gasteiger partial charge in [-0.05, 0) is 6.07 Å². The first-order chi connectivity index (χ1) is 9.30. The van der Waals surface area contributed by atoms with E-state index in [1.54, 1.807) is 0 Å². The number of nitrogens with zero attached hydrogens (tertiary/aromatic N) is 1. The lowest BCUT2D eigenvalue weighted by Gasteiger charge is -2.11. The molecule has 0 aliphatic rings. The standard InChI is InChI=1S/C13H10F3NO3/c1-7-12(19-8(2)18)11(17-20-7)9-5-3-4-6-10(9)13(14,15)16/h3-6H,1-2H3. The summed E-state index contributed by atoms with van der Waals surface area (Å²) in [5, 5.41) is 3.56. The van der Waals surface area contributed by atoms with Gasteiger partial charge in [-0.1, -0.05) is 23.4 Å². The molecule has 0 aliphatic heterocycles. The first kappa shape index (κ1) is 14.1. The van der Waals surface area contributed by atoms with Gasteiger partial charge >= 0.3 is 12.1 Å². The van der Waals surface area contributed by atoms with E-state index >= 15 is 0 Å². The highest BCUT2D eigenvalue weighted by Crippen LogP contribution is 2.40. The number of esters is 1. The average molecular weight is 285 g/mol. The number of halogens is 3. The van der Waals surface area contributed by atoms with Gasteiger partial charge in [-0.3, -0.25) is 4.79 Å². The number of carbonyl (C=O) groups is 1. The molecule has 0 atom stereocenters. The molecule has 2 aromatic rings. The molecule has 0 aliphatic carbocycles. The maximum Gasteiger partial charge on any atom is 0.417 e. The highest BCUT2D eigenvalue weighted by Gasteiger charge is 2.35. The molecule has 0 saturated carbocycles. The largest absolute Gasteiger partial charge is 0.420 e. The number of carbonyl (C=O) groups excluding carboxylic acids is 1. The van der Waals surface area contributed by atoms with Gasteiger partial charge in [-0.15, -0.1) is 0 Å². The molecule has 0 fully saturated rings. The fourth-order valence-electron chi connectivity index (χ4n) is 1.74. The molecule has 1 heterocycles. The zero-order valence-electron chi connectivity index (χ0n) is 10.6. The van der Waals surface area contributed by atoms with Gasteiger partial charge in [0.2, 0.25) is 5.75 Å². The number of benzene rings is 1. The first-order valence-corrected chi connectivity index (χ1v) is 5.62. The minimum atomic E-state index is -4.54. The summed E-state index contributed by atoms with van der Waals surface area (Å²) in [6.07, 6.45) is -4.54. The van der Waals surface area contributed by atoms with Crippen molar-refractivity contribution in [3.63, 3.8) is 0 Å². The number of aryl methyl sites for hydroxylation is 1. The molecule has 0 unspecified atom stereocenters. The summed E-state index contributed by atoms with van der Waals surface area (Å²) in [5.74, 6) is -0.636. The van der Waals surface area contributed by atoms with E-state index in [1.165, 1.54) is 25.1 Å². The molecule has 0 bridgehead atoms. The van der Waals surface area contributed by atoms with Crippen LogP contribution in [0.1, 0.15) is 18.2 Å². The Balaban J connectivity index is 2.61. The molecule has 4 nitrogen and oxygen atoms in total. The van der Waals surface area contributed by atoms with E-state index in [0.717, 1.165) is 13.0 Å². The van der Waals surface area contributed by atoms with Crippen LogP contribution in [0.2, 0.25) is 0 Å². The lowest BCUT2D eigenvalue weighted by atomic mass is 10.0. The van der Waals surface area contributed by atoms with E-state index in [4.69, 9.17) is 9.26 Å². The van der Waals surface area contributed by atoms with E-state index in [0.29, 0.717) is 0 Å². The van der Waals surface area contributed by atoms with Crippen LogP contribution in [0, 0.1) is 6.92 Å². The van der Waals surface area contributed by atoms with Crippen LogP contribution in [0.25, 0.3) is 11.3 Å².